The number of amidine groups is 1. The normalized spacial score (nSPS) is 20.5. The number of primary amides is 1. The number of aliphatic imine (C=N–C) groups is 1. The van der Waals surface area contributed by atoms with Crippen molar-refractivity contribution < 1.29 is 4.79 Å². The lowest BCUT2D eigenvalue weighted by Gasteiger charge is -2.16. The highest BCUT2D eigenvalue weighted by atomic mass is 32.2. The van der Waals surface area contributed by atoms with E-state index in [9.17, 15) is 4.79 Å². The molecule has 19 heavy (non-hydrogen) atoms. The van der Waals surface area contributed by atoms with Crippen LogP contribution < -0.4 is 11.1 Å². The van der Waals surface area contributed by atoms with E-state index in [1.807, 2.05) is 12.1 Å². The summed E-state index contributed by atoms with van der Waals surface area (Å²) in [5.74, 6) is 0.693. The van der Waals surface area contributed by atoms with Gasteiger partial charge in [-0.25, -0.2) is 0 Å². The van der Waals surface area contributed by atoms with Crippen LogP contribution in [0.4, 0.5) is 5.69 Å². The van der Waals surface area contributed by atoms with Crippen molar-refractivity contribution in [3.05, 3.63) is 29.8 Å². The van der Waals surface area contributed by atoms with E-state index in [1.165, 1.54) is 25.7 Å². The molecule has 0 unspecified atom stereocenters. The van der Waals surface area contributed by atoms with Crippen molar-refractivity contribution in [2.45, 2.75) is 31.2 Å². The van der Waals surface area contributed by atoms with Gasteiger partial charge < -0.3 is 11.1 Å². The summed E-state index contributed by atoms with van der Waals surface area (Å²) in [6.45, 7) is 0. The fourth-order valence-corrected chi connectivity index (χ4v) is 3.88. The Morgan fingerprint density at radius 2 is 1.95 bits per heavy atom. The van der Waals surface area contributed by atoms with Crippen LogP contribution in [0.25, 0.3) is 0 Å². The maximum Gasteiger partial charge on any atom is 0.248 e. The molecule has 1 saturated carbocycles. The van der Waals surface area contributed by atoms with Gasteiger partial charge in [-0.1, -0.05) is 24.6 Å². The largest absolute Gasteiger partial charge is 0.366 e. The first-order chi connectivity index (χ1) is 9.17. The predicted molar refractivity (Wildman–Crippen MR) is 79.7 cm³/mol. The average Bonchev–Trinajstić information content (AvgIpc) is 3.01. The molecule has 5 heteroatoms. The molecular weight excluding hydrogens is 258 g/mol. The summed E-state index contributed by atoms with van der Waals surface area (Å²) in [5, 5.41) is 4.31. The van der Waals surface area contributed by atoms with E-state index in [4.69, 9.17) is 10.7 Å². The second kappa shape index (κ2) is 4.89. The molecule has 1 aliphatic carbocycles. The van der Waals surface area contributed by atoms with Crippen LogP contribution >= 0.6 is 11.8 Å². The van der Waals surface area contributed by atoms with E-state index in [1.54, 1.807) is 23.9 Å². The molecule has 1 heterocycles. The highest BCUT2D eigenvalue weighted by Crippen LogP contribution is 2.41. The number of nitrogens with one attached hydrogen (secondary N) is 1. The molecule has 1 amide bonds. The number of carbonyl (C=O) groups is 1. The molecule has 4 nitrogen and oxygen atoms in total. The smallest absolute Gasteiger partial charge is 0.248 e. The first-order valence-corrected chi connectivity index (χ1v) is 7.55. The molecule has 3 N–H and O–H groups in total. The van der Waals surface area contributed by atoms with Crippen LogP contribution in [0.2, 0.25) is 0 Å². The van der Waals surface area contributed by atoms with Gasteiger partial charge in [-0.05, 0) is 37.1 Å². The molecule has 1 fully saturated rings. The van der Waals surface area contributed by atoms with Crippen molar-refractivity contribution in [1.82, 2.24) is 0 Å². The monoisotopic (exact) mass is 275 g/mol. The highest BCUT2D eigenvalue weighted by molar-refractivity contribution is 8.14. The van der Waals surface area contributed by atoms with Crippen LogP contribution in [0.5, 0.6) is 0 Å². The molecule has 1 aromatic rings. The van der Waals surface area contributed by atoms with Gasteiger partial charge in [0.05, 0.1) is 5.54 Å². The number of anilines is 1. The second-order valence-corrected chi connectivity index (χ2v) is 6.17. The lowest BCUT2D eigenvalue weighted by atomic mass is 10.0. The average molecular weight is 275 g/mol. The van der Waals surface area contributed by atoms with Crippen molar-refractivity contribution in [3.63, 3.8) is 0 Å². The van der Waals surface area contributed by atoms with Gasteiger partial charge in [0.1, 0.15) is 0 Å². The van der Waals surface area contributed by atoms with Crippen molar-refractivity contribution >= 4 is 28.5 Å². The highest BCUT2D eigenvalue weighted by Gasteiger charge is 2.38. The first kappa shape index (κ1) is 12.5. The van der Waals surface area contributed by atoms with Crippen molar-refractivity contribution in [2.75, 3.05) is 11.1 Å². The second-order valence-electron chi connectivity index (χ2n) is 5.20. The number of carbonyl (C=O) groups excluding carboxylic acids is 1. The minimum absolute atomic E-state index is 0.195. The van der Waals surface area contributed by atoms with Gasteiger partial charge in [0.25, 0.3) is 0 Å². The summed E-state index contributed by atoms with van der Waals surface area (Å²) in [6.07, 6.45) is 5.02. The number of benzene rings is 1. The van der Waals surface area contributed by atoms with Crippen LogP contribution in [0, 0.1) is 0 Å². The molecule has 0 bridgehead atoms. The van der Waals surface area contributed by atoms with E-state index in [0.717, 1.165) is 16.6 Å². The third-order valence-electron chi connectivity index (χ3n) is 3.77. The number of rotatable bonds is 2. The zero-order chi connectivity index (χ0) is 13.3. The van der Waals surface area contributed by atoms with E-state index >= 15 is 0 Å². The SMILES string of the molecule is NC(=O)c1ccc(NC2=NC3(CCCC3)CS2)cc1. The van der Waals surface area contributed by atoms with Gasteiger partial charge in [-0.2, -0.15) is 0 Å². The Morgan fingerprint density at radius 1 is 1.26 bits per heavy atom. The van der Waals surface area contributed by atoms with Crippen molar-refractivity contribution in [2.24, 2.45) is 10.7 Å². The lowest BCUT2D eigenvalue weighted by molar-refractivity contribution is 0.100. The molecule has 0 atom stereocenters. The molecule has 3 rings (SSSR count). The summed E-state index contributed by atoms with van der Waals surface area (Å²) in [4.78, 5) is 15.8. The molecule has 100 valence electrons. The molecule has 2 aliphatic rings. The number of hydrogen-bond donors (Lipinski definition) is 2. The van der Waals surface area contributed by atoms with Crippen LogP contribution in [0.15, 0.2) is 29.3 Å². The maximum atomic E-state index is 11.0. The van der Waals surface area contributed by atoms with Gasteiger partial charge in [-0.3, -0.25) is 9.79 Å². The van der Waals surface area contributed by atoms with Crippen molar-refractivity contribution in [3.8, 4) is 0 Å². The number of nitrogens with two attached hydrogens (primary N) is 1. The van der Waals surface area contributed by atoms with Crippen LogP contribution in [-0.4, -0.2) is 22.4 Å². The standard InChI is InChI=1S/C14H17N3OS/c15-12(18)10-3-5-11(6-4-10)16-13-17-14(9-19-13)7-1-2-8-14/h3-6H,1-2,7-9H2,(H2,15,18)(H,16,17). The third-order valence-corrected chi connectivity index (χ3v) is 4.92. The zero-order valence-electron chi connectivity index (χ0n) is 10.7. The fraction of sp³-hybridized carbons (Fsp3) is 0.429. The van der Waals surface area contributed by atoms with Gasteiger partial charge in [0.15, 0.2) is 5.17 Å². The molecule has 1 spiro atoms. The molecular formula is C14H17N3OS. The number of amides is 1. The number of hydrogen-bond acceptors (Lipinski definition) is 4. The summed E-state index contributed by atoms with van der Waals surface area (Å²) >= 11 is 1.79. The van der Waals surface area contributed by atoms with Crippen LogP contribution in [-0.2, 0) is 0 Å². The van der Waals surface area contributed by atoms with Gasteiger partial charge >= 0.3 is 0 Å². The minimum atomic E-state index is -0.399. The third kappa shape index (κ3) is 2.61. The zero-order valence-corrected chi connectivity index (χ0v) is 11.5. The molecule has 0 saturated heterocycles. The fourth-order valence-electron chi connectivity index (χ4n) is 2.68. The molecule has 1 aliphatic heterocycles. The Labute approximate surface area is 116 Å². The predicted octanol–water partition coefficient (Wildman–Crippen LogP) is 2.61. The molecule has 0 aromatic heterocycles. The first-order valence-electron chi connectivity index (χ1n) is 6.56. The summed E-state index contributed by atoms with van der Waals surface area (Å²) in [7, 11) is 0. The van der Waals surface area contributed by atoms with Gasteiger partial charge in [0, 0.05) is 17.0 Å². The number of nitrogens with zero attached hydrogens (tertiary/aromatic N) is 1. The van der Waals surface area contributed by atoms with Gasteiger partial charge in [0.2, 0.25) is 5.91 Å². The summed E-state index contributed by atoms with van der Waals surface area (Å²) in [6, 6.07) is 7.19. The Hall–Kier alpha value is -1.49. The van der Waals surface area contributed by atoms with E-state index in [0.29, 0.717) is 5.56 Å². The van der Waals surface area contributed by atoms with Crippen LogP contribution in [0.3, 0.4) is 0 Å². The Morgan fingerprint density at radius 3 is 2.58 bits per heavy atom. The van der Waals surface area contributed by atoms with E-state index < -0.39 is 5.91 Å². The minimum Gasteiger partial charge on any atom is -0.366 e. The maximum absolute atomic E-state index is 11.0. The summed E-state index contributed by atoms with van der Waals surface area (Å²) in [5.41, 5.74) is 6.89. The topological polar surface area (TPSA) is 67.5 Å². The van der Waals surface area contributed by atoms with E-state index in [2.05, 4.69) is 5.32 Å². The van der Waals surface area contributed by atoms with Gasteiger partial charge in [-0.15, -0.1) is 0 Å². The Balaban J connectivity index is 1.70. The molecule has 0 radical (unpaired) electrons. The quantitative estimate of drug-likeness (QED) is 0.871. The Kier molecular flexibility index (Phi) is 3.22. The van der Waals surface area contributed by atoms with Crippen molar-refractivity contribution in [1.29, 1.82) is 0 Å². The van der Waals surface area contributed by atoms with E-state index in [-0.39, 0.29) is 5.54 Å². The molecule has 1 aromatic carbocycles. The Bertz CT molecular complexity index is 518. The summed E-state index contributed by atoms with van der Waals surface area (Å²) < 4.78 is 0. The number of thioether (sulfide) groups is 1. The van der Waals surface area contributed by atoms with Crippen LogP contribution in [0.1, 0.15) is 36.0 Å². The lowest BCUT2D eigenvalue weighted by Crippen LogP contribution is -2.21.